The average molecular weight is 392 g/mol. The summed E-state index contributed by atoms with van der Waals surface area (Å²) in [6.45, 7) is 5.76. The zero-order chi connectivity index (χ0) is 20.1. The van der Waals surface area contributed by atoms with E-state index in [1.807, 2.05) is 13.8 Å². The van der Waals surface area contributed by atoms with Gasteiger partial charge in [-0.3, -0.25) is 19.4 Å². The predicted octanol–water partition coefficient (Wildman–Crippen LogP) is 1.59. The van der Waals surface area contributed by atoms with Crippen molar-refractivity contribution >= 4 is 11.8 Å². The predicted molar refractivity (Wildman–Crippen MR) is 95.1 cm³/mol. The zero-order valence-electron chi connectivity index (χ0n) is 15.7. The van der Waals surface area contributed by atoms with E-state index in [-0.39, 0.29) is 28.8 Å². The van der Waals surface area contributed by atoms with Crippen molar-refractivity contribution in [2.24, 2.45) is 5.41 Å². The fourth-order valence-electron chi connectivity index (χ4n) is 3.80. The largest absolute Gasteiger partial charge is 0.336 e. The summed E-state index contributed by atoms with van der Waals surface area (Å²) in [5, 5.41) is 10.9. The summed E-state index contributed by atoms with van der Waals surface area (Å²) < 4.78 is 25.9. The Balaban J connectivity index is 1.29. The molecule has 0 atom stereocenters. The van der Waals surface area contributed by atoms with E-state index in [0.717, 1.165) is 10.4 Å². The standard InChI is InChI=1S/C18H22F2N6O2/c1-11(2)13-5-14(22-21-13)17(28)25-9-18(10-25)7-24(8-18)16(27)12-3-4-26(23-12)6-15(19)20/h3-5,11,15H,6-10H2,1-2H3,(H,21,22). The van der Waals surface area contributed by atoms with Gasteiger partial charge in [-0.25, -0.2) is 8.78 Å². The van der Waals surface area contributed by atoms with Crippen LogP contribution in [0.4, 0.5) is 8.78 Å². The minimum atomic E-state index is -2.51. The van der Waals surface area contributed by atoms with Gasteiger partial charge in [0.1, 0.15) is 17.9 Å². The normalized spacial score (nSPS) is 17.9. The van der Waals surface area contributed by atoms with Crippen LogP contribution in [0.5, 0.6) is 0 Å². The SMILES string of the molecule is CC(C)c1cc(C(=O)N2CC3(C2)CN(C(=O)c2ccn(CC(F)F)n2)C3)n[nH]1. The lowest BCUT2D eigenvalue weighted by molar-refractivity contribution is -0.0825. The summed E-state index contributed by atoms with van der Waals surface area (Å²) in [7, 11) is 0. The molecule has 1 N–H and O–H groups in total. The minimum absolute atomic E-state index is 0.0754. The molecule has 2 amide bonds. The second kappa shape index (κ2) is 6.68. The van der Waals surface area contributed by atoms with Crippen LogP contribution in [-0.4, -0.2) is 74.2 Å². The maximum absolute atomic E-state index is 12.5. The summed E-state index contributed by atoms with van der Waals surface area (Å²) in [6.07, 6.45) is -1.13. The van der Waals surface area contributed by atoms with Gasteiger partial charge in [0.15, 0.2) is 0 Å². The number of likely N-dealkylation sites (tertiary alicyclic amines) is 2. The van der Waals surface area contributed by atoms with E-state index in [1.54, 1.807) is 15.9 Å². The van der Waals surface area contributed by atoms with E-state index < -0.39 is 13.0 Å². The van der Waals surface area contributed by atoms with E-state index in [0.29, 0.717) is 31.9 Å². The number of carbonyl (C=O) groups excluding carboxylic acids is 2. The lowest BCUT2D eigenvalue weighted by Crippen LogP contribution is -2.73. The van der Waals surface area contributed by atoms with Gasteiger partial charge in [0.25, 0.3) is 18.2 Å². The molecular formula is C18H22F2N6O2. The Morgan fingerprint density at radius 2 is 1.75 bits per heavy atom. The first kappa shape index (κ1) is 18.6. The topological polar surface area (TPSA) is 87.1 Å². The van der Waals surface area contributed by atoms with Crippen LogP contribution < -0.4 is 0 Å². The molecule has 4 heterocycles. The molecule has 2 aromatic heterocycles. The third kappa shape index (κ3) is 3.27. The van der Waals surface area contributed by atoms with Crippen LogP contribution in [-0.2, 0) is 6.54 Å². The van der Waals surface area contributed by atoms with Crippen molar-refractivity contribution in [2.45, 2.75) is 32.7 Å². The number of halogens is 2. The Bertz CT molecular complexity index is 892. The molecule has 0 saturated carbocycles. The van der Waals surface area contributed by atoms with Gasteiger partial charge in [0.2, 0.25) is 0 Å². The van der Waals surface area contributed by atoms with Crippen molar-refractivity contribution in [3.8, 4) is 0 Å². The Morgan fingerprint density at radius 3 is 2.29 bits per heavy atom. The molecule has 2 aromatic rings. The van der Waals surface area contributed by atoms with Crippen molar-refractivity contribution in [1.82, 2.24) is 29.8 Å². The number of nitrogens with zero attached hydrogens (tertiary/aromatic N) is 5. The summed E-state index contributed by atoms with van der Waals surface area (Å²) in [5.74, 6) is -0.103. The summed E-state index contributed by atoms with van der Waals surface area (Å²) in [5.41, 5.74) is 1.43. The molecule has 8 nitrogen and oxygen atoms in total. The molecule has 0 radical (unpaired) electrons. The van der Waals surface area contributed by atoms with Crippen molar-refractivity contribution < 1.29 is 18.4 Å². The Morgan fingerprint density at radius 1 is 1.14 bits per heavy atom. The number of aromatic amines is 1. The second-order valence-corrected chi connectivity index (χ2v) is 8.00. The molecular weight excluding hydrogens is 370 g/mol. The van der Waals surface area contributed by atoms with Crippen LogP contribution in [0.25, 0.3) is 0 Å². The third-order valence-corrected chi connectivity index (χ3v) is 5.30. The van der Waals surface area contributed by atoms with Crippen molar-refractivity contribution in [2.75, 3.05) is 26.2 Å². The molecule has 2 aliphatic heterocycles. The first-order valence-corrected chi connectivity index (χ1v) is 9.22. The maximum atomic E-state index is 12.5. The van der Waals surface area contributed by atoms with Gasteiger partial charge < -0.3 is 9.80 Å². The second-order valence-electron chi connectivity index (χ2n) is 8.00. The molecule has 1 spiro atoms. The molecule has 0 unspecified atom stereocenters. The molecule has 2 aliphatic rings. The van der Waals surface area contributed by atoms with Gasteiger partial charge in [0, 0.05) is 43.5 Å². The van der Waals surface area contributed by atoms with Crippen molar-refractivity contribution in [3.63, 3.8) is 0 Å². The number of carbonyl (C=O) groups is 2. The molecule has 28 heavy (non-hydrogen) atoms. The van der Waals surface area contributed by atoms with Gasteiger partial charge >= 0.3 is 0 Å². The number of aromatic nitrogens is 4. The van der Waals surface area contributed by atoms with E-state index >= 15 is 0 Å². The number of H-pyrrole nitrogens is 1. The number of hydrogen-bond donors (Lipinski definition) is 1. The van der Waals surface area contributed by atoms with Crippen LogP contribution in [0, 0.1) is 5.41 Å². The van der Waals surface area contributed by atoms with Crippen LogP contribution in [0.2, 0.25) is 0 Å². The Kier molecular flexibility index (Phi) is 4.43. The Hall–Kier alpha value is -2.78. The Labute approximate surface area is 160 Å². The lowest BCUT2D eigenvalue weighted by Gasteiger charge is -2.59. The van der Waals surface area contributed by atoms with Crippen molar-refractivity contribution in [1.29, 1.82) is 0 Å². The number of hydrogen-bond acceptors (Lipinski definition) is 4. The summed E-state index contributed by atoms with van der Waals surface area (Å²) in [6, 6.07) is 3.24. The summed E-state index contributed by atoms with van der Waals surface area (Å²) in [4.78, 5) is 28.3. The first-order chi connectivity index (χ1) is 13.3. The zero-order valence-corrected chi connectivity index (χ0v) is 15.7. The van der Waals surface area contributed by atoms with E-state index in [1.165, 1.54) is 12.3 Å². The smallest absolute Gasteiger partial charge is 0.274 e. The highest BCUT2D eigenvalue weighted by molar-refractivity contribution is 5.94. The van der Waals surface area contributed by atoms with Gasteiger partial charge in [-0.1, -0.05) is 13.8 Å². The van der Waals surface area contributed by atoms with Crippen molar-refractivity contribution in [3.05, 3.63) is 35.4 Å². The van der Waals surface area contributed by atoms with Gasteiger partial charge in [0.05, 0.1) is 0 Å². The van der Waals surface area contributed by atoms with Gasteiger partial charge in [-0.2, -0.15) is 10.2 Å². The monoisotopic (exact) mass is 392 g/mol. The first-order valence-electron chi connectivity index (χ1n) is 9.22. The van der Waals surface area contributed by atoms with Crippen LogP contribution >= 0.6 is 0 Å². The van der Waals surface area contributed by atoms with Gasteiger partial charge in [-0.05, 0) is 18.1 Å². The number of nitrogens with one attached hydrogen (secondary N) is 1. The van der Waals surface area contributed by atoms with Crippen LogP contribution in [0.3, 0.4) is 0 Å². The molecule has 0 bridgehead atoms. The highest BCUT2D eigenvalue weighted by atomic mass is 19.3. The number of amides is 2. The molecule has 150 valence electrons. The lowest BCUT2D eigenvalue weighted by atomic mass is 9.72. The van der Waals surface area contributed by atoms with E-state index in [4.69, 9.17) is 0 Å². The highest BCUT2D eigenvalue weighted by Crippen LogP contribution is 2.40. The third-order valence-electron chi connectivity index (χ3n) is 5.30. The molecule has 4 rings (SSSR count). The maximum Gasteiger partial charge on any atom is 0.274 e. The minimum Gasteiger partial charge on any atom is -0.336 e. The highest BCUT2D eigenvalue weighted by Gasteiger charge is 2.55. The summed E-state index contributed by atoms with van der Waals surface area (Å²) >= 11 is 0. The van der Waals surface area contributed by atoms with E-state index in [2.05, 4.69) is 15.3 Å². The van der Waals surface area contributed by atoms with E-state index in [9.17, 15) is 18.4 Å². The average Bonchev–Trinajstić information content (AvgIpc) is 3.20. The fraction of sp³-hybridized carbons (Fsp3) is 0.556. The number of alkyl halides is 2. The molecule has 2 fully saturated rings. The number of rotatable bonds is 5. The molecule has 0 aliphatic carbocycles. The quantitative estimate of drug-likeness (QED) is 0.837. The fourth-order valence-corrected chi connectivity index (χ4v) is 3.80. The van der Waals surface area contributed by atoms with Crippen LogP contribution in [0.1, 0.15) is 46.4 Å². The van der Waals surface area contributed by atoms with Gasteiger partial charge in [-0.15, -0.1) is 0 Å². The molecule has 0 aromatic carbocycles. The van der Waals surface area contributed by atoms with Crippen LogP contribution in [0.15, 0.2) is 18.3 Å². The molecule has 2 saturated heterocycles. The molecule has 10 heteroatoms.